The topological polar surface area (TPSA) is 43.8 Å². The molecule has 1 aromatic rings. The van der Waals surface area contributed by atoms with Gasteiger partial charge in [-0.15, -0.1) is 6.58 Å². The van der Waals surface area contributed by atoms with Gasteiger partial charge in [-0.2, -0.15) is 0 Å². The molecule has 1 fully saturated rings. The average molecular weight is 316 g/mol. The van der Waals surface area contributed by atoms with Gasteiger partial charge in [-0.25, -0.2) is 0 Å². The monoisotopic (exact) mass is 316 g/mol. The van der Waals surface area contributed by atoms with Crippen molar-refractivity contribution in [3.05, 3.63) is 48.6 Å². The fourth-order valence-corrected chi connectivity index (χ4v) is 3.28. The minimum absolute atomic E-state index is 0.118. The third-order valence-electron chi connectivity index (χ3n) is 4.41. The van der Waals surface area contributed by atoms with E-state index in [2.05, 4.69) is 18.7 Å². The number of hydrogen-bond donors (Lipinski definition) is 1. The molecule has 0 radical (unpaired) electrons. The number of likely N-dealkylation sites (N-methyl/N-ethyl adjacent to an activating group) is 1. The van der Waals surface area contributed by atoms with Gasteiger partial charge in [0.2, 0.25) is 0 Å². The molecule has 126 valence electrons. The van der Waals surface area contributed by atoms with Crippen molar-refractivity contribution < 1.29 is 9.90 Å². The van der Waals surface area contributed by atoms with Crippen molar-refractivity contribution in [2.75, 3.05) is 33.2 Å². The molecule has 0 bridgehead atoms. The van der Waals surface area contributed by atoms with Gasteiger partial charge in [-0.1, -0.05) is 36.4 Å². The molecule has 1 aliphatic rings. The van der Waals surface area contributed by atoms with Crippen molar-refractivity contribution in [3.63, 3.8) is 0 Å². The lowest BCUT2D eigenvalue weighted by Gasteiger charge is -2.40. The molecule has 23 heavy (non-hydrogen) atoms. The summed E-state index contributed by atoms with van der Waals surface area (Å²) < 4.78 is 0. The summed E-state index contributed by atoms with van der Waals surface area (Å²) in [7, 11) is 1.90. The zero-order chi connectivity index (χ0) is 16.7. The van der Waals surface area contributed by atoms with Gasteiger partial charge < -0.3 is 10.0 Å². The van der Waals surface area contributed by atoms with Gasteiger partial charge >= 0.3 is 0 Å². The highest BCUT2D eigenvalue weighted by molar-refractivity contribution is 5.86. The van der Waals surface area contributed by atoms with Crippen LogP contribution >= 0.6 is 0 Å². The van der Waals surface area contributed by atoms with Crippen molar-refractivity contribution >= 4 is 5.91 Å². The van der Waals surface area contributed by atoms with Crippen LogP contribution in [0.2, 0.25) is 0 Å². The predicted octanol–water partition coefficient (Wildman–Crippen LogP) is 2.09. The third kappa shape index (κ3) is 4.91. The summed E-state index contributed by atoms with van der Waals surface area (Å²) in [5.41, 5.74) is 0.0425. The molecule has 1 aromatic carbocycles. The zero-order valence-corrected chi connectivity index (χ0v) is 14.1. The summed E-state index contributed by atoms with van der Waals surface area (Å²) in [6.45, 7) is 6.20. The number of rotatable bonds is 8. The van der Waals surface area contributed by atoms with Crippen LogP contribution in [0.4, 0.5) is 0 Å². The highest BCUT2D eigenvalue weighted by Gasteiger charge is 2.42. The van der Waals surface area contributed by atoms with Crippen LogP contribution in [0.15, 0.2) is 43.0 Å². The first-order valence-electron chi connectivity index (χ1n) is 8.40. The number of amides is 1. The molecule has 0 aliphatic carbocycles. The minimum atomic E-state index is -1.25. The number of aliphatic hydroxyl groups is 1. The van der Waals surface area contributed by atoms with Gasteiger partial charge in [0.1, 0.15) is 0 Å². The van der Waals surface area contributed by atoms with Gasteiger partial charge in [-0.05, 0) is 38.3 Å². The van der Waals surface area contributed by atoms with E-state index in [4.69, 9.17) is 0 Å². The van der Waals surface area contributed by atoms with Crippen molar-refractivity contribution in [2.45, 2.75) is 31.3 Å². The van der Waals surface area contributed by atoms with E-state index in [9.17, 15) is 9.90 Å². The van der Waals surface area contributed by atoms with E-state index in [0.29, 0.717) is 26.1 Å². The summed E-state index contributed by atoms with van der Waals surface area (Å²) in [6, 6.07) is 10.3. The van der Waals surface area contributed by atoms with E-state index >= 15 is 0 Å². The number of likely N-dealkylation sites (tertiary alicyclic amines) is 1. The molecule has 4 heteroatoms. The van der Waals surface area contributed by atoms with Crippen molar-refractivity contribution in [1.29, 1.82) is 0 Å². The van der Waals surface area contributed by atoms with E-state index in [1.807, 2.05) is 35.0 Å². The standard InChI is InChI=1S/C19H28N2O2/c1-3-13-20(2)16-19(23)12-8-15-21(18(19)22)14-7-11-17-9-5-4-6-10-17/h3-6,9-10,23H,1,7-8,11-16H2,2H3. The Morgan fingerprint density at radius 2 is 2.13 bits per heavy atom. The second-order valence-electron chi connectivity index (χ2n) is 6.50. The van der Waals surface area contributed by atoms with E-state index in [0.717, 1.165) is 25.8 Å². The Labute approximate surface area is 139 Å². The van der Waals surface area contributed by atoms with Crippen molar-refractivity contribution in [1.82, 2.24) is 9.80 Å². The highest BCUT2D eigenvalue weighted by atomic mass is 16.3. The highest BCUT2D eigenvalue weighted by Crippen LogP contribution is 2.24. The van der Waals surface area contributed by atoms with Crippen LogP contribution in [0, 0.1) is 0 Å². The summed E-state index contributed by atoms with van der Waals surface area (Å²) in [4.78, 5) is 16.4. The van der Waals surface area contributed by atoms with Crippen LogP contribution in [0.1, 0.15) is 24.8 Å². The predicted molar refractivity (Wildman–Crippen MR) is 93.2 cm³/mol. The quantitative estimate of drug-likeness (QED) is 0.747. The molecule has 1 heterocycles. The first-order valence-corrected chi connectivity index (χ1v) is 8.40. The molecule has 1 saturated heterocycles. The first-order chi connectivity index (χ1) is 11.0. The fourth-order valence-electron chi connectivity index (χ4n) is 3.28. The van der Waals surface area contributed by atoms with E-state index in [1.165, 1.54) is 5.56 Å². The molecule has 1 unspecified atom stereocenters. The van der Waals surface area contributed by atoms with Crippen molar-refractivity contribution in [3.8, 4) is 0 Å². The lowest BCUT2D eigenvalue weighted by atomic mass is 9.91. The Kier molecular flexibility index (Phi) is 6.37. The number of hydrogen-bond acceptors (Lipinski definition) is 3. The maximum atomic E-state index is 12.7. The number of carbonyl (C=O) groups is 1. The summed E-state index contributed by atoms with van der Waals surface area (Å²) in [5.74, 6) is -0.118. The Balaban J connectivity index is 1.87. The normalized spacial score (nSPS) is 21.7. The second kappa shape index (κ2) is 8.27. The van der Waals surface area contributed by atoms with Gasteiger partial charge in [0.05, 0.1) is 0 Å². The number of aryl methyl sites for hydroxylation is 1. The molecular weight excluding hydrogens is 288 g/mol. The van der Waals surface area contributed by atoms with E-state index in [-0.39, 0.29) is 5.91 Å². The van der Waals surface area contributed by atoms with Crippen LogP contribution in [0.5, 0.6) is 0 Å². The minimum Gasteiger partial charge on any atom is -0.379 e. The zero-order valence-electron chi connectivity index (χ0n) is 14.1. The number of nitrogens with zero attached hydrogens (tertiary/aromatic N) is 2. The smallest absolute Gasteiger partial charge is 0.255 e. The molecule has 1 atom stereocenters. The number of benzene rings is 1. The maximum absolute atomic E-state index is 12.7. The van der Waals surface area contributed by atoms with Crippen LogP contribution in [0.25, 0.3) is 0 Å². The molecule has 1 amide bonds. The second-order valence-corrected chi connectivity index (χ2v) is 6.50. The molecular formula is C19H28N2O2. The summed E-state index contributed by atoms with van der Waals surface area (Å²) in [6.07, 6.45) is 5.07. The number of carbonyl (C=O) groups excluding carboxylic acids is 1. The Hall–Kier alpha value is -1.65. The Morgan fingerprint density at radius 1 is 1.39 bits per heavy atom. The number of piperidine rings is 1. The van der Waals surface area contributed by atoms with Gasteiger partial charge in [0.15, 0.2) is 5.60 Å². The molecule has 0 aromatic heterocycles. The maximum Gasteiger partial charge on any atom is 0.255 e. The van der Waals surface area contributed by atoms with Crippen LogP contribution in [-0.4, -0.2) is 59.6 Å². The molecule has 2 rings (SSSR count). The average Bonchev–Trinajstić information content (AvgIpc) is 2.53. The summed E-state index contributed by atoms with van der Waals surface area (Å²) >= 11 is 0. The van der Waals surface area contributed by atoms with Crippen LogP contribution in [0.3, 0.4) is 0 Å². The lowest BCUT2D eigenvalue weighted by molar-refractivity contribution is -0.159. The molecule has 1 N–H and O–H groups in total. The van der Waals surface area contributed by atoms with Gasteiger partial charge in [0.25, 0.3) is 5.91 Å². The van der Waals surface area contributed by atoms with E-state index < -0.39 is 5.60 Å². The van der Waals surface area contributed by atoms with Crippen LogP contribution in [-0.2, 0) is 11.2 Å². The van der Waals surface area contributed by atoms with Gasteiger partial charge in [0, 0.05) is 26.2 Å². The van der Waals surface area contributed by atoms with Crippen LogP contribution < -0.4 is 0 Å². The summed E-state index contributed by atoms with van der Waals surface area (Å²) in [5, 5.41) is 10.8. The van der Waals surface area contributed by atoms with E-state index in [1.54, 1.807) is 6.08 Å². The first kappa shape index (κ1) is 17.7. The Bertz CT molecular complexity index is 517. The van der Waals surface area contributed by atoms with Gasteiger partial charge in [-0.3, -0.25) is 9.69 Å². The molecule has 1 aliphatic heterocycles. The third-order valence-corrected chi connectivity index (χ3v) is 4.41. The molecule has 0 saturated carbocycles. The molecule has 0 spiro atoms. The largest absolute Gasteiger partial charge is 0.379 e. The lowest BCUT2D eigenvalue weighted by Crippen LogP contribution is -2.58. The molecule has 4 nitrogen and oxygen atoms in total. The SMILES string of the molecule is C=CCN(C)CC1(O)CCCN(CCCc2ccccc2)C1=O. The Morgan fingerprint density at radius 3 is 2.83 bits per heavy atom. The van der Waals surface area contributed by atoms with Crippen molar-refractivity contribution in [2.24, 2.45) is 0 Å². The fraction of sp³-hybridized carbons (Fsp3) is 0.526.